The molecule has 0 bridgehead atoms. The highest BCUT2D eigenvalue weighted by Crippen LogP contribution is 2.30. The lowest BCUT2D eigenvalue weighted by Gasteiger charge is -2.22. The van der Waals surface area contributed by atoms with E-state index in [0.717, 1.165) is 21.5 Å². The zero-order chi connectivity index (χ0) is 20.1. The van der Waals surface area contributed by atoms with Gasteiger partial charge in [0.05, 0.1) is 28.6 Å². The van der Waals surface area contributed by atoms with E-state index in [0.29, 0.717) is 17.8 Å². The van der Waals surface area contributed by atoms with E-state index in [1.165, 1.54) is 16.9 Å². The normalized spacial score (nSPS) is 18.6. The number of hydrogen-bond acceptors (Lipinski definition) is 5. The highest BCUT2D eigenvalue weighted by molar-refractivity contribution is 7.91. The van der Waals surface area contributed by atoms with Crippen LogP contribution in [0.5, 0.6) is 0 Å². The highest BCUT2D eigenvalue weighted by Gasteiger charge is 2.33. The lowest BCUT2D eigenvalue weighted by atomic mass is 10.1. The molecule has 0 radical (unpaired) electrons. The third kappa shape index (κ3) is 3.58. The fourth-order valence-electron chi connectivity index (χ4n) is 3.61. The molecule has 2 aromatic heterocycles. The Labute approximate surface area is 168 Å². The molecule has 4 rings (SSSR count). The minimum atomic E-state index is -3.03. The third-order valence-corrected chi connectivity index (χ3v) is 8.23. The largest absolute Gasteiger partial charge is 0.337 e. The van der Waals surface area contributed by atoms with Crippen molar-refractivity contribution in [3.05, 3.63) is 52.0 Å². The van der Waals surface area contributed by atoms with Crippen LogP contribution in [0.1, 0.15) is 32.9 Å². The van der Waals surface area contributed by atoms with Gasteiger partial charge in [0, 0.05) is 18.5 Å². The summed E-state index contributed by atoms with van der Waals surface area (Å²) < 4.78 is 25.4. The Balaban J connectivity index is 1.61. The number of carbonyl (C=O) groups excluding carboxylic acids is 1. The number of thiophene rings is 1. The molecule has 148 valence electrons. The second-order valence-corrected chi connectivity index (χ2v) is 10.8. The summed E-state index contributed by atoms with van der Waals surface area (Å²) in [4.78, 5) is 16.1. The summed E-state index contributed by atoms with van der Waals surface area (Å²) >= 11 is 1.42. The smallest absolute Gasteiger partial charge is 0.264 e. The maximum Gasteiger partial charge on any atom is 0.264 e. The molecule has 1 amide bonds. The molecule has 1 atom stereocenters. The third-order valence-electron chi connectivity index (χ3n) is 5.35. The molecule has 3 heterocycles. The summed E-state index contributed by atoms with van der Waals surface area (Å²) in [7, 11) is -1.33. The first kappa shape index (κ1) is 19.1. The quantitative estimate of drug-likeness (QED) is 0.654. The van der Waals surface area contributed by atoms with Crippen molar-refractivity contribution >= 4 is 37.3 Å². The van der Waals surface area contributed by atoms with Crippen LogP contribution in [0.3, 0.4) is 0 Å². The van der Waals surface area contributed by atoms with E-state index in [1.54, 1.807) is 11.9 Å². The fourth-order valence-corrected chi connectivity index (χ4v) is 6.53. The van der Waals surface area contributed by atoms with E-state index >= 15 is 0 Å². The van der Waals surface area contributed by atoms with Crippen molar-refractivity contribution in [2.24, 2.45) is 0 Å². The van der Waals surface area contributed by atoms with Crippen LogP contribution in [0, 0.1) is 13.8 Å². The number of fused-ring (bicyclic) bond motifs is 1. The Morgan fingerprint density at radius 3 is 2.64 bits per heavy atom. The Hall–Kier alpha value is -2.19. The van der Waals surface area contributed by atoms with Crippen LogP contribution in [0.4, 0.5) is 0 Å². The Morgan fingerprint density at radius 1 is 1.29 bits per heavy atom. The van der Waals surface area contributed by atoms with Crippen molar-refractivity contribution in [2.75, 3.05) is 18.6 Å². The van der Waals surface area contributed by atoms with Crippen LogP contribution in [0.25, 0.3) is 10.2 Å². The molecule has 8 heteroatoms. The second kappa shape index (κ2) is 7.00. The van der Waals surface area contributed by atoms with Gasteiger partial charge in [0.1, 0.15) is 4.83 Å². The summed E-state index contributed by atoms with van der Waals surface area (Å²) in [6.45, 7) is 4.65. The van der Waals surface area contributed by atoms with Gasteiger partial charge in [-0.15, -0.1) is 11.3 Å². The Morgan fingerprint density at radius 2 is 2.00 bits per heavy atom. The topological polar surface area (TPSA) is 72.3 Å². The number of rotatable bonds is 4. The molecule has 0 aliphatic carbocycles. The molecule has 28 heavy (non-hydrogen) atoms. The van der Waals surface area contributed by atoms with Crippen LogP contribution in [0.2, 0.25) is 0 Å². The average molecular weight is 418 g/mol. The van der Waals surface area contributed by atoms with Gasteiger partial charge in [0.15, 0.2) is 9.84 Å². The van der Waals surface area contributed by atoms with Gasteiger partial charge in [0.25, 0.3) is 5.91 Å². The maximum atomic E-state index is 12.9. The molecule has 1 fully saturated rings. The van der Waals surface area contributed by atoms with E-state index in [9.17, 15) is 13.2 Å². The predicted octanol–water partition coefficient (Wildman–Crippen LogP) is 3.02. The van der Waals surface area contributed by atoms with E-state index < -0.39 is 9.84 Å². The number of aryl methyl sites for hydroxylation is 2. The first-order valence-electron chi connectivity index (χ1n) is 9.23. The Bertz CT molecular complexity index is 1140. The minimum Gasteiger partial charge on any atom is -0.337 e. The number of sulfone groups is 1. The van der Waals surface area contributed by atoms with Crippen molar-refractivity contribution in [3.63, 3.8) is 0 Å². The highest BCUT2D eigenvalue weighted by atomic mass is 32.2. The van der Waals surface area contributed by atoms with Crippen LogP contribution >= 0.6 is 11.3 Å². The van der Waals surface area contributed by atoms with E-state index in [-0.39, 0.29) is 23.5 Å². The molecule has 1 aromatic carbocycles. The molecule has 1 aliphatic heterocycles. The molecule has 0 saturated carbocycles. The summed E-state index contributed by atoms with van der Waals surface area (Å²) in [5.41, 5.74) is 3.26. The van der Waals surface area contributed by atoms with Crippen LogP contribution in [-0.2, 0) is 16.4 Å². The monoisotopic (exact) mass is 417 g/mol. The van der Waals surface area contributed by atoms with Crippen LogP contribution in [-0.4, -0.2) is 53.6 Å². The molecule has 3 aromatic rings. The number of carbonyl (C=O) groups is 1. The first-order chi connectivity index (χ1) is 13.2. The number of aromatic nitrogens is 2. The lowest BCUT2D eigenvalue weighted by molar-refractivity contribution is 0.0752. The first-order valence-corrected chi connectivity index (χ1v) is 11.9. The van der Waals surface area contributed by atoms with Gasteiger partial charge in [-0.2, -0.15) is 5.10 Å². The minimum absolute atomic E-state index is 0.0559. The van der Waals surface area contributed by atoms with Gasteiger partial charge in [-0.3, -0.25) is 9.48 Å². The second-order valence-electron chi connectivity index (χ2n) is 7.53. The standard InChI is InChI=1S/C20H23N3O3S2/c1-13-4-6-15(7-5-13)11-23-20-17(14(2)21-23)10-18(27-20)19(24)22(3)16-8-9-28(25,26)12-16/h4-7,10,16H,8-9,11-12H2,1-3H3/t16-/m0/s1. The number of amides is 1. The Kier molecular flexibility index (Phi) is 4.79. The summed E-state index contributed by atoms with van der Waals surface area (Å²) in [6, 6.07) is 9.98. The maximum absolute atomic E-state index is 12.9. The van der Waals surface area contributed by atoms with Crippen LogP contribution in [0.15, 0.2) is 30.3 Å². The van der Waals surface area contributed by atoms with Crippen molar-refractivity contribution in [1.29, 1.82) is 0 Å². The fraction of sp³-hybridized carbons (Fsp3) is 0.400. The zero-order valence-corrected chi connectivity index (χ0v) is 17.8. The van der Waals surface area contributed by atoms with Crippen molar-refractivity contribution in [3.8, 4) is 0 Å². The molecule has 6 nitrogen and oxygen atoms in total. The number of benzene rings is 1. The summed E-state index contributed by atoms with van der Waals surface area (Å²) in [5, 5.41) is 5.61. The molecule has 0 N–H and O–H groups in total. The van der Waals surface area contributed by atoms with Gasteiger partial charge in [-0.1, -0.05) is 29.8 Å². The molecular formula is C20H23N3O3S2. The predicted molar refractivity (Wildman–Crippen MR) is 112 cm³/mol. The SMILES string of the molecule is Cc1ccc(Cn2nc(C)c3cc(C(=O)N(C)[C@H]4CCS(=O)(=O)C4)sc32)cc1. The lowest BCUT2D eigenvalue weighted by Crippen LogP contribution is -2.37. The van der Waals surface area contributed by atoms with Gasteiger partial charge >= 0.3 is 0 Å². The van der Waals surface area contributed by atoms with E-state index in [4.69, 9.17) is 0 Å². The van der Waals surface area contributed by atoms with Crippen molar-refractivity contribution in [1.82, 2.24) is 14.7 Å². The van der Waals surface area contributed by atoms with Gasteiger partial charge in [-0.05, 0) is 31.9 Å². The van der Waals surface area contributed by atoms with E-state index in [1.807, 2.05) is 17.7 Å². The molecule has 0 spiro atoms. The average Bonchev–Trinajstić information content (AvgIpc) is 3.31. The summed E-state index contributed by atoms with van der Waals surface area (Å²) in [5.74, 6) is 0.0942. The van der Waals surface area contributed by atoms with Gasteiger partial charge < -0.3 is 4.90 Å². The van der Waals surface area contributed by atoms with Gasteiger partial charge in [-0.25, -0.2) is 8.42 Å². The molecular weight excluding hydrogens is 394 g/mol. The van der Waals surface area contributed by atoms with Crippen LogP contribution < -0.4 is 0 Å². The number of hydrogen-bond donors (Lipinski definition) is 0. The van der Waals surface area contributed by atoms with E-state index in [2.05, 4.69) is 36.3 Å². The molecule has 1 aliphatic rings. The molecule has 1 saturated heterocycles. The molecule has 0 unspecified atom stereocenters. The zero-order valence-electron chi connectivity index (χ0n) is 16.2. The number of nitrogens with zero attached hydrogens (tertiary/aromatic N) is 3. The summed E-state index contributed by atoms with van der Waals surface area (Å²) in [6.07, 6.45) is 0.510. The van der Waals surface area contributed by atoms with Crippen molar-refractivity contribution < 1.29 is 13.2 Å². The van der Waals surface area contributed by atoms with Crippen molar-refractivity contribution in [2.45, 2.75) is 32.9 Å². The van der Waals surface area contributed by atoms with Gasteiger partial charge in [0.2, 0.25) is 0 Å².